The van der Waals surface area contributed by atoms with E-state index in [0.717, 1.165) is 11.1 Å². The number of aryl methyl sites for hydroxylation is 1. The number of rotatable bonds is 5. The molecule has 162 valence electrons. The number of pyridine rings is 1. The van der Waals surface area contributed by atoms with Gasteiger partial charge in [-0.1, -0.05) is 29.8 Å². The van der Waals surface area contributed by atoms with Crippen LogP contribution in [-0.4, -0.2) is 74.8 Å². The third kappa shape index (κ3) is 3.67. The summed E-state index contributed by atoms with van der Waals surface area (Å²) < 4.78 is 6.83. The van der Waals surface area contributed by atoms with Crippen LogP contribution in [0, 0.1) is 6.92 Å². The summed E-state index contributed by atoms with van der Waals surface area (Å²) in [6, 6.07) is 11.9. The number of nitrogens with zero attached hydrogens (tertiary/aromatic N) is 6. The molecule has 2 aromatic heterocycles. The van der Waals surface area contributed by atoms with Gasteiger partial charge in [-0.3, -0.25) is 4.79 Å². The Kier molecular flexibility index (Phi) is 5.26. The molecule has 1 amide bonds. The minimum Gasteiger partial charge on any atom is -0.481 e. The maximum atomic E-state index is 13.3. The minimum absolute atomic E-state index is 0.170. The summed E-state index contributed by atoms with van der Waals surface area (Å²) in [6.45, 7) is 6.83. The van der Waals surface area contributed by atoms with Gasteiger partial charge in [0.15, 0.2) is 5.82 Å². The number of amides is 1. The number of carbonyl (C=O) groups excluding carboxylic acids is 1. The predicted octanol–water partition coefficient (Wildman–Crippen LogP) is 2.81. The predicted molar refractivity (Wildman–Crippen MR) is 118 cm³/mol. The normalized spacial score (nSPS) is 17.5. The summed E-state index contributed by atoms with van der Waals surface area (Å²) in [4.78, 5) is 26.2. The van der Waals surface area contributed by atoms with Crippen molar-refractivity contribution in [1.82, 2.24) is 29.5 Å². The first-order valence-corrected chi connectivity index (χ1v) is 10.3. The van der Waals surface area contributed by atoms with Gasteiger partial charge in [0.05, 0.1) is 24.5 Å². The molecule has 8 nitrogen and oxygen atoms in total. The van der Waals surface area contributed by atoms with Crippen LogP contribution in [0.25, 0.3) is 17.1 Å². The van der Waals surface area contributed by atoms with Crippen LogP contribution in [0.3, 0.4) is 0 Å². The molecule has 0 spiro atoms. The van der Waals surface area contributed by atoms with Crippen LogP contribution in [0.2, 0.25) is 0 Å². The van der Waals surface area contributed by atoms with Crippen molar-refractivity contribution < 1.29 is 9.53 Å². The highest BCUT2D eigenvalue weighted by Crippen LogP contribution is 2.34. The van der Waals surface area contributed by atoms with E-state index in [1.54, 1.807) is 24.1 Å². The Labute approximate surface area is 182 Å². The van der Waals surface area contributed by atoms with E-state index in [-0.39, 0.29) is 17.3 Å². The number of likely N-dealkylation sites (N-methyl/N-ethyl adjacent to an activating group) is 1. The first-order chi connectivity index (χ1) is 14.7. The van der Waals surface area contributed by atoms with Gasteiger partial charge in [0.25, 0.3) is 5.91 Å². The van der Waals surface area contributed by atoms with Crippen molar-refractivity contribution in [3.8, 4) is 23.0 Å². The second-order valence-electron chi connectivity index (χ2n) is 8.64. The van der Waals surface area contributed by atoms with Gasteiger partial charge >= 0.3 is 0 Å². The van der Waals surface area contributed by atoms with E-state index in [1.165, 1.54) is 0 Å². The monoisotopic (exact) mass is 420 g/mol. The summed E-state index contributed by atoms with van der Waals surface area (Å²) in [6.07, 6.45) is 1.66. The number of carbonyl (C=O) groups is 1. The van der Waals surface area contributed by atoms with Gasteiger partial charge in [0, 0.05) is 24.2 Å². The molecular formula is C23H28N6O2. The highest BCUT2D eigenvalue weighted by atomic mass is 16.5. The van der Waals surface area contributed by atoms with Crippen LogP contribution >= 0.6 is 0 Å². The summed E-state index contributed by atoms with van der Waals surface area (Å²) in [5.74, 6) is 1.11. The fraction of sp³-hybridized carbons (Fsp3) is 0.391. The van der Waals surface area contributed by atoms with Crippen LogP contribution < -0.4 is 4.74 Å². The van der Waals surface area contributed by atoms with Crippen molar-refractivity contribution in [2.24, 2.45) is 0 Å². The van der Waals surface area contributed by atoms with E-state index in [0.29, 0.717) is 30.0 Å². The van der Waals surface area contributed by atoms with Crippen LogP contribution in [0.4, 0.5) is 0 Å². The molecule has 0 aliphatic carbocycles. The topological polar surface area (TPSA) is 76.4 Å². The van der Waals surface area contributed by atoms with Crippen molar-refractivity contribution in [1.29, 1.82) is 0 Å². The number of hydrogen-bond donors (Lipinski definition) is 0. The standard InChI is InChI=1S/C23H28N6O2/c1-15-7-9-16(10-8-15)21-25-20(22(30)28-14-18(27(4)5)23(28,2)3)26-29(21)17-11-12-19(31-6)24-13-17/h7-13,18H,14H2,1-6H3. The van der Waals surface area contributed by atoms with Gasteiger partial charge in [0.2, 0.25) is 11.7 Å². The summed E-state index contributed by atoms with van der Waals surface area (Å²) >= 11 is 0. The average Bonchev–Trinajstić information content (AvgIpc) is 3.18. The fourth-order valence-electron chi connectivity index (χ4n) is 4.05. The third-order valence-electron chi connectivity index (χ3n) is 6.02. The largest absolute Gasteiger partial charge is 0.481 e. The smallest absolute Gasteiger partial charge is 0.294 e. The maximum Gasteiger partial charge on any atom is 0.294 e. The van der Waals surface area contributed by atoms with Gasteiger partial charge in [-0.25, -0.2) is 14.6 Å². The molecule has 4 rings (SSSR count). The molecular weight excluding hydrogens is 392 g/mol. The molecule has 1 atom stereocenters. The molecule has 1 aliphatic heterocycles. The van der Waals surface area contributed by atoms with Crippen LogP contribution in [0.1, 0.15) is 30.0 Å². The van der Waals surface area contributed by atoms with E-state index in [9.17, 15) is 4.79 Å². The Hall–Kier alpha value is -3.26. The van der Waals surface area contributed by atoms with Gasteiger partial charge in [-0.2, -0.15) is 0 Å². The Balaban J connectivity index is 1.74. The van der Waals surface area contributed by atoms with E-state index in [4.69, 9.17) is 4.74 Å². The Morgan fingerprint density at radius 3 is 2.42 bits per heavy atom. The summed E-state index contributed by atoms with van der Waals surface area (Å²) in [5, 5.41) is 4.59. The number of aromatic nitrogens is 4. The molecule has 3 aromatic rings. The van der Waals surface area contributed by atoms with Crippen LogP contribution in [0.5, 0.6) is 5.88 Å². The van der Waals surface area contributed by atoms with Gasteiger partial charge in [-0.15, -0.1) is 5.10 Å². The Morgan fingerprint density at radius 2 is 1.87 bits per heavy atom. The first kappa shape index (κ1) is 21.0. The number of methoxy groups -OCH3 is 1. The zero-order valence-corrected chi connectivity index (χ0v) is 18.8. The number of hydrogen-bond acceptors (Lipinski definition) is 6. The molecule has 31 heavy (non-hydrogen) atoms. The van der Waals surface area contributed by atoms with Crippen molar-refractivity contribution in [3.05, 3.63) is 54.0 Å². The van der Waals surface area contributed by atoms with Crippen molar-refractivity contribution in [2.45, 2.75) is 32.4 Å². The van der Waals surface area contributed by atoms with E-state index >= 15 is 0 Å². The molecule has 1 unspecified atom stereocenters. The van der Waals surface area contributed by atoms with Crippen molar-refractivity contribution in [2.75, 3.05) is 27.7 Å². The molecule has 1 aliphatic rings. The van der Waals surface area contributed by atoms with Crippen LogP contribution in [-0.2, 0) is 0 Å². The fourth-order valence-corrected chi connectivity index (χ4v) is 4.05. The third-order valence-corrected chi connectivity index (χ3v) is 6.02. The zero-order valence-electron chi connectivity index (χ0n) is 18.8. The lowest BCUT2D eigenvalue weighted by atomic mass is 9.82. The summed E-state index contributed by atoms with van der Waals surface area (Å²) in [7, 11) is 5.64. The lowest BCUT2D eigenvalue weighted by molar-refractivity contribution is -0.0488. The van der Waals surface area contributed by atoms with Gasteiger partial charge in [-0.05, 0) is 40.9 Å². The molecule has 0 radical (unpaired) electrons. The molecule has 0 bridgehead atoms. The van der Waals surface area contributed by atoms with Gasteiger partial charge < -0.3 is 14.5 Å². The minimum atomic E-state index is -0.294. The maximum absolute atomic E-state index is 13.3. The Bertz CT molecular complexity index is 1090. The number of ether oxygens (including phenoxy) is 1. The van der Waals surface area contributed by atoms with Crippen molar-refractivity contribution in [3.63, 3.8) is 0 Å². The average molecular weight is 421 g/mol. The van der Waals surface area contributed by atoms with Crippen LogP contribution in [0.15, 0.2) is 42.6 Å². The SMILES string of the molecule is COc1ccc(-n2nc(C(=O)N3CC(N(C)C)C3(C)C)nc2-c2ccc(C)cc2)cn1. The van der Waals surface area contributed by atoms with Crippen molar-refractivity contribution >= 4 is 5.91 Å². The lowest BCUT2D eigenvalue weighted by Crippen LogP contribution is -2.73. The molecule has 1 saturated heterocycles. The molecule has 1 fully saturated rings. The molecule has 8 heteroatoms. The molecule has 3 heterocycles. The summed E-state index contributed by atoms with van der Waals surface area (Å²) in [5.41, 5.74) is 2.44. The van der Waals surface area contributed by atoms with Gasteiger partial charge in [0.1, 0.15) is 0 Å². The Morgan fingerprint density at radius 1 is 1.16 bits per heavy atom. The highest BCUT2D eigenvalue weighted by Gasteiger charge is 2.50. The first-order valence-electron chi connectivity index (χ1n) is 10.3. The highest BCUT2D eigenvalue weighted by molar-refractivity contribution is 5.92. The zero-order chi connectivity index (χ0) is 22.3. The second-order valence-corrected chi connectivity index (χ2v) is 8.64. The lowest BCUT2D eigenvalue weighted by Gasteiger charge is -2.57. The van der Waals surface area contributed by atoms with E-state index in [1.807, 2.05) is 56.3 Å². The number of likely N-dealkylation sites (tertiary alicyclic amines) is 1. The van der Waals surface area contributed by atoms with E-state index in [2.05, 4.69) is 33.8 Å². The number of benzene rings is 1. The van der Waals surface area contributed by atoms with E-state index < -0.39 is 0 Å². The molecule has 1 aromatic carbocycles. The molecule has 0 saturated carbocycles. The quantitative estimate of drug-likeness (QED) is 0.632. The second kappa shape index (κ2) is 7.77. The molecule has 0 N–H and O–H groups in total.